The Hall–Kier alpha value is -1.08. The van der Waals surface area contributed by atoms with Crippen molar-refractivity contribution in [3.63, 3.8) is 0 Å². The topological polar surface area (TPSA) is 17.1 Å². The maximum absolute atomic E-state index is 10.5. The van der Waals surface area contributed by atoms with Crippen LogP contribution < -0.4 is 0 Å². The highest BCUT2D eigenvalue weighted by Gasteiger charge is 2.05. The van der Waals surface area contributed by atoms with Crippen LogP contribution in [-0.2, 0) is 4.79 Å². The molecule has 0 fully saturated rings. The average molecular weight is 209 g/mol. The zero-order valence-corrected chi connectivity index (χ0v) is 9.08. The molecule has 74 valence electrons. The molecule has 0 N–H and O–H groups in total. The third kappa shape index (κ3) is 2.71. The molecule has 1 aromatic rings. The van der Waals surface area contributed by atoms with Crippen molar-refractivity contribution in [2.45, 2.75) is 13.8 Å². The van der Waals surface area contributed by atoms with Crippen LogP contribution in [-0.4, -0.2) is 6.29 Å². The first kappa shape index (κ1) is 11.0. The van der Waals surface area contributed by atoms with Crippen molar-refractivity contribution in [2.24, 2.45) is 5.92 Å². The summed E-state index contributed by atoms with van der Waals surface area (Å²) in [4.78, 5) is 10.5. The number of allylic oxidation sites excluding steroid dienone is 2. The van der Waals surface area contributed by atoms with E-state index in [2.05, 4.69) is 13.8 Å². The molecule has 0 saturated carbocycles. The zero-order chi connectivity index (χ0) is 10.6. The number of halogens is 1. The van der Waals surface area contributed by atoms with E-state index in [1.54, 1.807) is 6.08 Å². The minimum Gasteiger partial charge on any atom is -0.299 e. The third-order valence-electron chi connectivity index (χ3n) is 2.05. The van der Waals surface area contributed by atoms with Crippen molar-refractivity contribution in [3.05, 3.63) is 40.9 Å². The Morgan fingerprint density at radius 1 is 1.29 bits per heavy atom. The molecule has 0 spiro atoms. The second-order valence-corrected chi connectivity index (χ2v) is 3.86. The van der Waals surface area contributed by atoms with Gasteiger partial charge in [-0.2, -0.15) is 0 Å². The van der Waals surface area contributed by atoms with E-state index < -0.39 is 0 Å². The standard InChI is InChI=1S/C12H13ClO/c1-9(2)12(7-8-14)10-3-5-11(13)6-4-10/h3-9H,1-2H3/b12-7-. The average Bonchev–Trinajstić information content (AvgIpc) is 2.15. The molecule has 0 radical (unpaired) electrons. The van der Waals surface area contributed by atoms with Gasteiger partial charge in [-0.15, -0.1) is 0 Å². The van der Waals surface area contributed by atoms with E-state index in [0.717, 1.165) is 17.4 Å². The van der Waals surface area contributed by atoms with Gasteiger partial charge in [-0.1, -0.05) is 37.6 Å². The Kier molecular flexibility index (Phi) is 3.90. The van der Waals surface area contributed by atoms with E-state index in [9.17, 15) is 4.79 Å². The summed E-state index contributed by atoms with van der Waals surface area (Å²) in [6, 6.07) is 7.52. The van der Waals surface area contributed by atoms with Crippen molar-refractivity contribution in [2.75, 3.05) is 0 Å². The summed E-state index contributed by atoms with van der Waals surface area (Å²) in [5.74, 6) is 0.335. The molecule has 0 saturated heterocycles. The van der Waals surface area contributed by atoms with Crippen LogP contribution in [0.15, 0.2) is 30.3 Å². The number of rotatable bonds is 3. The first-order valence-electron chi connectivity index (χ1n) is 4.56. The Morgan fingerprint density at radius 3 is 2.29 bits per heavy atom. The van der Waals surface area contributed by atoms with Crippen molar-refractivity contribution in [1.29, 1.82) is 0 Å². The van der Waals surface area contributed by atoms with Gasteiger partial charge in [-0.05, 0) is 35.3 Å². The van der Waals surface area contributed by atoms with Crippen molar-refractivity contribution in [1.82, 2.24) is 0 Å². The molecule has 0 heterocycles. The lowest BCUT2D eigenvalue weighted by atomic mass is 9.95. The highest BCUT2D eigenvalue weighted by atomic mass is 35.5. The molecule has 1 nitrogen and oxygen atoms in total. The molecule has 14 heavy (non-hydrogen) atoms. The molecular weight excluding hydrogens is 196 g/mol. The first-order chi connectivity index (χ1) is 6.65. The fourth-order valence-corrected chi connectivity index (χ4v) is 1.46. The van der Waals surface area contributed by atoms with E-state index in [-0.39, 0.29) is 0 Å². The molecule has 1 aromatic carbocycles. The van der Waals surface area contributed by atoms with Gasteiger partial charge in [0.1, 0.15) is 6.29 Å². The second kappa shape index (κ2) is 4.97. The fraction of sp³-hybridized carbons (Fsp3) is 0.250. The van der Waals surface area contributed by atoms with Crippen LogP contribution >= 0.6 is 11.6 Å². The highest BCUT2D eigenvalue weighted by Crippen LogP contribution is 2.23. The summed E-state index contributed by atoms with van der Waals surface area (Å²) in [5.41, 5.74) is 2.09. The Balaban J connectivity index is 3.06. The summed E-state index contributed by atoms with van der Waals surface area (Å²) in [6.07, 6.45) is 2.43. The van der Waals surface area contributed by atoms with Gasteiger partial charge in [0.25, 0.3) is 0 Å². The van der Waals surface area contributed by atoms with Gasteiger partial charge in [0.15, 0.2) is 0 Å². The number of aldehydes is 1. The molecule has 0 aliphatic rings. The molecule has 0 unspecified atom stereocenters. The van der Waals surface area contributed by atoms with Gasteiger partial charge in [-0.25, -0.2) is 0 Å². The summed E-state index contributed by atoms with van der Waals surface area (Å²) >= 11 is 5.78. The Labute approximate surface area is 89.4 Å². The zero-order valence-electron chi connectivity index (χ0n) is 8.33. The molecule has 0 bridgehead atoms. The minimum atomic E-state index is 0.335. The van der Waals surface area contributed by atoms with Gasteiger partial charge >= 0.3 is 0 Å². The van der Waals surface area contributed by atoms with Gasteiger partial charge in [0, 0.05) is 5.02 Å². The summed E-state index contributed by atoms with van der Waals surface area (Å²) < 4.78 is 0. The van der Waals surface area contributed by atoms with E-state index in [1.165, 1.54) is 0 Å². The number of carbonyl (C=O) groups excluding carboxylic acids is 1. The predicted octanol–water partition coefficient (Wildman–Crippen LogP) is 3.58. The predicted molar refractivity (Wildman–Crippen MR) is 60.3 cm³/mol. The van der Waals surface area contributed by atoms with Crippen LogP contribution in [0.1, 0.15) is 19.4 Å². The van der Waals surface area contributed by atoms with Crippen LogP contribution in [0.5, 0.6) is 0 Å². The maximum atomic E-state index is 10.5. The molecule has 1 rings (SSSR count). The van der Waals surface area contributed by atoms with Crippen LogP contribution in [0.3, 0.4) is 0 Å². The van der Waals surface area contributed by atoms with Crippen LogP contribution in [0.25, 0.3) is 5.57 Å². The number of benzene rings is 1. The highest BCUT2D eigenvalue weighted by molar-refractivity contribution is 6.30. The lowest BCUT2D eigenvalue weighted by Crippen LogP contribution is -1.93. The number of hydrogen-bond acceptors (Lipinski definition) is 1. The lowest BCUT2D eigenvalue weighted by molar-refractivity contribution is -0.104. The van der Waals surface area contributed by atoms with E-state index in [1.807, 2.05) is 24.3 Å². The summed E-state index contributed by atoms with van der Waals surface area (Å²) in [7, 11) is 0. The Bertz CT molecular complexity index is 336. The fourth-order valence-electron chi connectivity index (χ4n) is 1.34. The van der Waals surface area contributed by atoms with E-state index in [4.69, 9.17) is 11.6 Å². The van der Waals surface area contributed by atoms with E-state index >= 15 is 0 Å². The van der Waals surface area contributed by atoms with Crippen molar-refractivity contribution < 1.29 is 4.79 Å². The Morgan fingerprint density at radius 2 is 1.86 bits per heavy atom. The largest absolute Gasteiger partial charge is 0.299 e. The normalized spacial score (nSPS) is 11.9. The first-order valence-corrected chi connectivity index (χ1v) is 4.94. The second-order valence-electron chi connectivity index (χ2n) is 3.42. The van der Waals surface area contributed by atoms with Gasteiger partial charge in [0.2, 0.25) is 0 Å². The molecule has 0 amide bonds. The number of carbonyl (C=O) groups is 1. The van der Waals surface area contributed by atoms with Crippen LogP contribution in [0.2, 0.25) is 5.02 Å². The molecule has 0 atom stereocenters. The van der Waals surface area contributed by atoms with Crippen molar-refractivity contribution in [3.8, 4) is 0 Å². The smallest absolute Gasteiger partial charge is 0.143 e. The molecule has 0 aliphatic carbocycles. The van der Waals surface area contributed by atoms with Crippen molar-refractivity contribution >= 4 is 23.5 Å². The van der Waals surface area contributed by atoms with Gasteiger partial charge in [-0.3, -0.25) is 4.79 Å². The maximum Gasteiger partial charge on any atom is 0.143 e. The SMILES string of the molecule is CC(C)/C(=C/C=O)c1ccc(Cl)cc1. The summed E-state index contributed by atoms with van der Waals surface area (Å²) in [5, 5.41) is 0.711. The lowest BCUT2D eigenvalue weighted by Gasteiger charge is -2.10. The molecule has 0 aliphatic heterocycles. The van der Waals surface area contributed by atoms with Gasteiger partial charge in [0.05, 0.1) is 0 Å². The molecular formula is C12H13ClO. The number of hydrogen-bond donors (Lipinski definition) is 0. The monoisotopic (exact) mass is 208 g/mol. The van der Waals surface area contributed by atoms with Gasteiger partial charge < -0.3 is 0 Å². The van der Waals surface area contributed by atoms with Crippen LogP contribution in [0.4, 0.5) is 0 Å². The summed E-state index contributed by atoms with van der Waals surface area (Å²) in [6.45, 7) is 4.12. The van der Waals surface area contributed by atoms with E-state index in [0.29, 0.717) is 10.9 Å². The molecule has 0 aromatic heterocycles. The third-order valence-corrected chi connectivity index (χ3v) is 2.30. The van der Waals surface area contributed by atoms with Crippen LogP contribution in [0, 0.1) is 5.92 Å². The quantitative estimate of drug-likeness (QED) is 0.548. The molecule has 2 heteroatoms. The minimum absolute atomic E-state index is 0.335.